The summed E-state index contributed by atoms with van der Waals surface area (Å²) in [5, 5.41) is 4.77. The van der Waals surface area contributed by atoms with Crippen LogP contribution in [0.3, 0.4) is 0 Å². The summed E-state index contributed by atoms with van der Waals surface area (Å²) < 4.78 is 5.36. The van der Waals surface area contributed by atoms with Gasteiger partial charge in [-0.3, -0.25) is 4.98 Å². The van der Waals surface area contributed by atoms with Gasteiger partial charge in [0, 0.05) is 30.8 Å². The summed E-state index contributed by atoms with van der Waals surface area (Å²) in [6.07, 6.45) is 2.99. The molecule has 0 saturated carbocycles. The van der Waals surface area contributed by atoms with E-state index in [-0.39, 0.29) is 0 Å². The molecule has 1 unspecified atom stereocenters. The number of ether oxygens (including phenoxy) is 1. The Labute approximate surface area is 101 Å². The van der Waals surface area contributed by atoms with Crippen molar-refractivity contribution in [2.75, 3.05) is 13.2 Å². The third-order valence-corrected chi connectivity index (χ3v) is 3.25. The normalized spacial score (nSPS) is 19.9. The molecule has 1 N–H and O–H groups in total. The first-order valence-corrected chi connectivity index (χ1v) is 6.07. The number of hydrogen-bond acceptors (Lipinski definition) is 3. The maximum atomic E-state index is 5.36. The molecule has 1 aliphatic heterocycles. The van der Waals surface area contributed by atoms with E-state index in [1.165, 1.54) is 10.9 Å². The van der Waals surface area contributed by atoms with E-state index in [1.807, 2.05) is 12.3 Å². The number of benzene rings is 1. The first-order chi connectivity index (χ1) is 8.43. The highest BCUT2D eigenvalue weighted by Crippen LogP contribution is 2.16. The van der Waals surface area contributed by atoms with E-state index >= 15 is 0 Å². The van der Waals surface area contributed by atoms with E-state index in [9.17, 15) is 0 Å². The second kappa shape index (κ2) is 4.82. The minimum absolute atomic E-state index is 0.502. The number of para-hydroxylation sites is 1. The van der Waals surface area contributed by atoms with Crippen LogP contribution in [0.25, 0.3) is 10.9 Å². The second-order valence-corrected chi connectivity index (χ2v) is 4.43. The van der Waals surface area contributed by atoms with E-state index < -0.39 is 0 Å². The van der Waals surface area contributed by atoms with Crippen LogP contribution >= 0.6 is 0 Å². The molecule has 3 rings (SSSR count). The molecule has 0 amide bonds. The summed E-state index contributed by atoms with van der Waals surface area (Å²) in [5.41, 5.74) is 2.37. The lowest BCUT2D eigenvalue weighted by molar-refractivity contribution is 0.190. The highest BCUT2D eigenvalue weighted by atomic mass is 16.5. The molecule has 88 valence electrons. The van der Waals surface area contributed by atoms with Gasteiger partial charge < -0.3 is 10.1 Å². The third kappa shape index (κ3) is 2.30. The fraction of sp³-hybridized carbons (Fsp3) is 0.357. The van der Waals surface area contributed by atoms with Crippen LogP contribution in [0.2, 0.25) is 0 Å². The smallest absolute Gasteiger partial charge is 0.0705 e. The largest absolute Gasteiger partial charge is 0.380 e. The summed E-state index contributed by atoms with van der Waals surface area (Å²) >= 11 is 0. The zero-order chi connectivity index (χ0) is 11.5. The molecule has 1 saturated heterocycles. The number of hydrogen-bond donors (Lipinski definition) is 1. The fourth-order valence-electron chi connectivity index (χ4n) is 2.26. The Morgan fingerprint density at radius 1 is 1.29 bits per heavy atom. The number of nitrogens with zero attached hydrogens (tertiary/aromatic N) is 1. The first kappa shape index (κ1) is 10.7. The highest BCUT2D eigenvalue weighted by Gasteiger charge is 2.14. The van der Waals surface area contributed by atoms with Crippen molar-refractivity contribution >= 4 is 10.9 Å². The van der Waals surface area contributed by atoms with Crippen molar-refractivity contribution in [2.45, 2.75) is 19.0 Å². The van der Waals surface area contributed by atoms with Crippen LogP contribution in [0, 0.1) is 0 Å². The summed E-state index contributed by atoms with van der Waals surface area (Å²) in [4.78, 5) is 4.37. The Hall–Kier alpha value is -1.45. The molecule has 0 bridgehead atoms. The summed E-state index contributed by atoms with van der Waals surface area (Å²) in [6, 6.07) is 10.9. The van der Waals surface area contributed by atoms with Crippen LogP contribution in [-0.4, -0.2) is 24.2 Å². The minimum Gasteiger partial charge on any atom is -0.380 e. The Kier molecular flexibility index (Phi) is 3.03. The van der Waals surface area contributed by atoms with E-state index in [0.717, 1.165) is 31.7 Å². The Bertz CT molecular complexity index is 501. The van der Waals surface area contributed by atoms with Crippen LogP contribution in [0.15, 0.2) is 36.5 Å². The van der Waals surface area contributed by atoms with Crippen molar-refractivity contribution in [1.82, 2.24) is 10.3 Å². The molecule has 1 aromatic carbocycles. The van der Waals surface area contributed by atoms with Gasteiger partial charge in [0.25, 0.3) is 0 Å². The Balaban J connectivity index is 1.79. The molecule has 0 aliphatic carbocycles. The van der Waals surface area contributed by atoms with Crippen molar-refractivity contribution in [1.29, 1.82) is 0 Å². The van der Waals surface area contributed by atoms with Crippen molar-refractivity contribution in [3.05, 3.63) is 42.1 Å². The van der Waals surface area contributed by atoms with Gasteiger partial charge in [-0.15, -0.1) is 0 Å². The van der Waals surface area contributed by atoms with Gasteiger partial charge in [0.05, 0.1) is 12.1 Å². The summed E-state index contributed by atoms with van der Waals surface area (Å²) in [6.45, 7) is 2.61. The third-order valence-electron chi connectivity index (χ3n) is 3.25. The van der Waals surface area contributed by atoms with E-state index in [1.54, 1.807) is 0 Å². The number of nitrogens with one attached hydrogen (secondary N) is 1. The lowest BCUT2D eigenvalue weighted by Gasteiger charge is -2.11. The SMILES string of the molecule is c1ccc2c(CNC3CCOC3)ccnc2c1. The molecular weight excluding hydrogens is 212 g/mol. The van der Waals surface area contributed by atoms with Crippen LogP contribution in [-0.2, 0) is 11.3 Å². The highest BCUT2D eigenvalue weighted by molar-refractivity contribution is 5.81. The maximum Gasteiger partial charge on any atom is 0.0705 e. The van der Waals surface area contributed by atoms with E-state index in [2.05, 4.69) is 34.6 Å². The van der Waals surface area contributed by atoms with E-state index in [0.29, 0.717) is 6.04 Å². The number of aromatic nitrogens is 1. The molecule has 17 heavy (non-hydrogen) atoms. The van der Waals surface area contributed by atoms with E-state index in [4.69, 9.17) is 4.74 Å². The molecule has 1 fully saturated rings. The van der Waals surface area contributed by atoms with Gasteiger partial charge in [-0.1, -0.05) is 18.2 Å². The van der Waals surface area contributed by atoms with Gasteiger partial charge in [-0.25, -0.2) is 0 Å². The van der Waals surface area contributed by atoms with Gasteiger partial charge in [0.1, 0.15) is 0 Å². The number of rotatable bonds is 3. The summed E-state index contributed by atoms with van der Waals surface area (Å²) in [7, 11) is 0. The Morgan fingerprint density at radius 3 is 3.12 bits per heavy atom. The number of pyridine rings is 1. The number of fused-ring (bicyclic) bond motifs is 1. The van der Waals surface area contributed by atoms with Crippen molar-refractivity contribution in [3.63, 3.8) is 0 Å². The molecule has 1 aromatic heterocycles. The summed E-state index contributed by atoms with van der Waals surface area (Å²) in [5.74, 6) is 0. The molecule has 1 aliphatic rings. The first-order valence-electron chi connectivity index (χ1n) is 6.07. The van der Waals surface area contributed by atoms with Crippen LogP contribution in [0.4, 0.5) is 0 Å². The lowest BCUT2D eigenvalue weighted by atomic mass is 10.1. The molecular formula is C14H16N2O. The van der Waals surface area contributed by atoms with Crippen LogP contribution in [0.5, 0.6) is 0 Å². The topological polar surface area (TPSA) is 34.1 Å². The van der Waals surface area contributed by atoms with Gasteiger partial charge in [-0.05, 0) is 24.1 Å². The predicted molar refractivity (Wildman–Crippen MR) is 67.8 cm³/mol. The average molecular weight is 228 g/mol. The van der Waals surface area contributed by atoms with Gasteiger partial charge in [-0.2, -0.15) is 0 Å². The molecule has 2 aromatic rings. The zero-order valence-electron chi connectivity index (χ0n) is 9.73. The molecule has 3 nitrogen and oxygen atoms in total. The maximum absolute atomic E-state index is 5.36. The predicted octanol–water partition coefficient (Wildman–Crippen LogP) is 2.11. The molecule has 1 atom stereocenters. The average Bonchev–Trinajstić information content (AvgIpc) is 2.89. The quantitative estimate of drug-likeness (QED) is 0.873. The van der Waals surface area contributed by atoms with Crippen molar-refractivity contribution < 1.29 is 4.74 Å². The molecule has 0 spiro atoms. The van der Waals surface area contributed by atoms with Gasteiger partial charge in [0.2, 0.25) is 0 Å². The van der Waals surface area contributed by atoms with Crippen LogP contribution < -0.4 is 5.32 Å². The second-order valence-electron chi connectivity index (χ2n) is 4.43. The lowest BCUT2D eigenvalue weighted by Crippen LogP contribution is -2.28. The fourth-order valence-corrected chi connectivity index (χ4v) is 2.26. The van der Waals surface area contributed by atoms with Crippen molar-refractivity contribution in [2.24, 2.45) is 0 Å². The van der Waals surface area contributed by atoms with Crippen molar-refractivity contribution in [3.8, 4) is 0 Å². The molecule has 0 radical (unpaired) electrons. The van der Waals surface area contributed by atoms with Gasteiger partial charge >= 0.3 is 0 Å². The van der Waals surface area contributed by atoms with Gasteiger partial charge in [0.15, 0.2) is 0 Å². The molecule has 2 heterocycles. The minimum atomic E-state index is 0.502. The molecule has 3 heteroatoms. The monoisotopic (exact) mass is 228 g/mol. The zero-order valence-corrected chi connectivity index (χ0v) is 9.73. The van der Waals surface area contributed by atoms with Crippen LogP contribution in [0.1, 0.15) is 12.0 Å². The standard InChI is InChI=1S/C14H16N2O/c1-2-4-14-13(3-1)11(5-7-15-14)9-16-12-6-8-17-10-12/h1-5,7,12,16H,6,8-10H2. The Morgan fingerprint density at radius 2 is 2.24 bits per heavy atom.